The molecular formula is C7H13NU. The van der Waals surface area contributed by atoms with Gasteiger partial charge in [0.15, 0.2) is 0 Å². The standard InChI is InChI=1S/C4H7.C3H6N.U/c1-4-2-3-4;1-3(2)4;/h4H,1-3H2;1-2H3;/q2*-1;+2. The van der Waals surface area contributed by atoms with Gasteiger partial charge in [-0.2, -0.15) is 5.92 Å². The van der Waals surface area contributed by atoms with Crippen molar-refractivity contribution < 1.29 is 31.1 Å². The second kappa shape index (κ2) is 6.84. The minimum atomic E-state index is 0. The molecule has 9 heavy (non-hydrogen) atoms. The normalized spacial score (nSPS) is 14.6. The molecule has 0 spiro atoms. The van der Waals surface area contributed by atoms with Crippen molar-refractivity contribution >= 4 is 5.71 Å². The maximum atomic E-state index is 7.97. The van der Waals surface area contributed by atoms with Gasteiger partial charge in [-0.3, -0.25) is 0 Å². The van der Waals surface area contributed by atoms with E-state index in [9.17, 15) is 0 Å². The summed E-state index contributed by atoms with van der Waals surface area (Å²) in [5.74, 6) is 0.833. The Hall–Kier alpha value is 0.722. The van der Waals surface area contributed by atoms with Crippen molar-refractivity contribution in [3.8, 4) is 0 Å². The third kappa shape index (κ3) is 28.4. The SMILES string of the molecule is CC(C)=[N-].[CH2-]C1CC1.[U+2]. The second-order valence-electron chi connectivity index (χ2n) is 2.39. The monoisotopic (exact) mass is 349 g/mol. The quantitative estimate of drug-likeness (QED) is 0.473. The van der Waals surface area contributed by atoms with Gasteiger partial charge in [0.25, 0.3) is 0 Å². The Morgan fingerprint density at radius 1 is 1.44 bits per heavy atom. The molecule has 0 aromatic heterocycles. The van der Waals surface area contributed by atoms with Crippen LogP contribution in [0.2, 0.25) is 0 Å². The Morgan fingerprint density at radius 2 is 1.56 bits per heavy atom. The summed E-state index contributed by atoms with van der Waals surface area (Å²) in [6.07, 6.45) is 2.75. The van der Waals surface area contributed by atoms with Crippen LogP contribution in [0.3, 0.4) is 0 Å². The van der Waals surface area contributed by atoms with Crippen LogP contribution in [0.15, 0.2) is 0 Å². The van der Waals surface area contributed by atoms with E-state index in [1.165, 1.54) is 12.8 Å². The van der Waals surface area contributed by atoms with Crippen LogP contribution in [0.25, 0.3) is 5.41 Å². The van der Waals surface area contributed by atoms with Gasteiger partial charge in [-0.1, -0.05) is 26.7 Å². The number of nitrogens with zero attached hydrogens (tertiary/aromatic N) is 1. The van der Waals surface area contributed by atoms with E-state index in [2.05, 4.69) is 6.92 Å². The summed E-state index contributed by atoms with van der Waals surface area (Å²) in [6, 6.07) is 0. The van der Waals surface area contributed by atoms with E-state index in [0.717, 1.165) is 5.92 Å². The van der Waals surface area contributed by atoms with E-state index in [1.54, 1.807) is 13.8 Å². The van der Waals surface area contributed by atoms with Gasteiger partial charge < -0.3 is 12.3 Å². The van der Waals surface area contributed by atoms with Gasteiger partial charge in [-0.15, -0.1) is 0 Å². The molecule has 50 valence electrons. The zero-order valence-corrected chi connectivity index (χ0v) is 10.3. The molecule has 0 atom stereocenters. The second-order valence-corrected chi connectivity index (χ2v) is 2.39. The molecule has 1 fully saturated rings. The molecule has 0 heterocycles. The summed E-state index contributed by atoms with van der Waals surface area (Å²) in [4.78, 5) is 0. The predicted molar refractivity (Wildman–Crippen MR) is 37.8 cm³/mol. The maximum Gasteiger partial charge on any atom is 2.00 e. The van der Waals surface area contributed by atoms with Crippen molar-refractivity contribution in [2.45, 2.75) is 26.7 Å². The molecule has 0 bridgehead atoms. The van der Waals surface area contributed by atoms with Gasteiger partial charge in [0.2, 0.25) is 0 Å². The van der Waals surface area contributed by atoms with E-state index in [-0.39, 0.29) is 31.1 Å². The van der Waals surface area contributed by atoms with Crippen LogP contribution >= 0.6 is 0 Å². The van der Waals surface area contributed by atoms with Crippen LogP contribution in [-0.4, -0.2) is 5.71 Å². The van der Waals surface area contributed by atoms with E-state index in [1.807, 2.05) is 0 Å². The van der Waals surface area contributed by atoms with E-state index in [4.69, 9.17) is 5.41 Å². The molecule has 0 radical (unpaired) electrons. The summed E-state index contributed by atoms with van der Waals surface area (Å²) in [7, 11) is 0. The topological polar surface area (TPSA) is 22.3 Å². The molecule has 0 amide bonds. The first-order valence-electron chi connectivity index (χ1n) is 2.95. The Bertz CT molecular complexity index is 73.0. The van der Waals surface area contributed by atoms with Crippen molar-refractivity contribution in [1.82, 2.24) is 0 Å². The van der Waals surface area contributed by atoms with Crippen LogP contribution in [0.5, 0.6) is 0 Å². The molecule has 0 unspecified atom stereocenters. The van der Waals surface area contributed by atoms with Crippen LogP contribution in [0.1, 0.15) is 26.7 Å². The van der Waals surface area contributed by atoms with Crippen LogP contribution in [0.4, 0.5) is 0 Å². The summed E-state index contributed by atoms with van der Waals surface area (Å²) < 4.78 is 0. The zero-order chi connectivity index (χ0) is 6.57. The van der Waals surface area contributed by atoms with Crippen molar-refractivity contribution in [1.29, 1.82) is 0 Å². The molecule has 0 N–H and O–H groups in total. The minimum Gasteiger partial charge on any atom is -0.812 e. The fourth-order valence-corrected chi connectivity index (χ4v) is 0.118. The average molecular weight is 349 g/mol. The molecule has 1 aliphatic rings. The van der Waals surface area contributed by atoms with Gasteiger partial charge in [0.05, 0.1) is 0 Å². The Kier molecular flexibility index (Phi) is 9.42. The van der Waals surface area contributed by atoms with Gasteiger partial charge in [-0.05, 0) is 0 Å². The Balaban J connectivity index is 0. The molecule has 2 heteroatoms. The molecule has 0 aliphatic heterocycles. The fraction of sp³-hybridized carbons (Fsp3) is 0.714. The van der Waals surface area contributed by atoms with Crippen molar-refractivity contribution in [2.75, 3.05) is 0 Å². The zero-order valence-electron chi connectivity index (χ0n) is 6.15. The molecule has 1 rings (SSSR count). The average Bonchev–Trinajstić information content (AvgIpc) is 2.19. The molecular weight excluding hydrogens is 336 g/mol. The predicted octanol–water partition coefficient (Wildman–Crippen LogP) is 2.27. The Labute approximate surface area is 81.5 Å². The van der Waals surface area contributed by atoms with Crippen LogP contribution < -0.4 is 0 Å². The first-order chi connectivity index (χ1) is 3.63. The summed E-state index contributed by atoms with van der Waals surface area (Å²) >= 11 is 0. The van der Waals surface area contributed by atoms with Crippen LogP contribution in [-0.2, 0) is 0 Å². The van der Waals surface area contributed by atoms with Crippen LogP contribution in [0, 0.1) is 44.0 Å². The summed E-state index contributed by atoms with van der Waals surface area (Å²) in [6.45, 7) is 7.03. The van der Waals surface area contributed by atoms with E-state index >= 15 is 0 Å². The number of hydrogen-bond donors (Lipinski definition) is 0. The van der Waals surface area contributed by atoms with Crippen molar-refractivity contribution in [3.05, 3.63) is 12.3 Å². The first-order valence-corrected chi connectivity index (χ1v) is 2.95. The first kappa shape index (κ1) is 12.4. The minimum absolute atomic E-state index is 0. The van der Waals surface area contributed by atoms with E-state index in [0.29, 0.717) is 5.71 Å². The van der Waals surface area contributed by atoms with Gasteiger partial charge in [0.1, 0.15) is 0 Å². The third-order valence-corrected chi connectivity index (χ3v) is 0.697. The number of rotatable bonds is 0. The molecule has 0 saturated heterocycles. The molecule has 1 saturated carbocycles. The van der Waals surface area contributed by atoms with Gasteiger partial charge in [-0.25, -0.2) is 5.71 Å². The largest absolute Gasteiger partial charge is 2.00 e. The molecule has 1 nitrogen and oxygen atoms in total. The summed E-state index contributed by atoms with van der Waals surface area (Å²) in [5.41, 5.74) is 0.417. The Morgan fingerprint density at radius 3 is 1.56 bits per heavy atom. The van der Waals surface area contributed by atoms with Gasteiger partial charge >= 0.3 is 31.1 Å². The smallest absolute Gasteiger partial charge is 0.812 e. The van der Waals surface area contributed by atoms with Crippen molar-refractivity contribution in [3.63, 3.8) is 0 Å². The fourth-order valence-electron chi connectivity index (χ4n) is 0.118. The maximum absolute atomic E-state index is 7.97. The molecule has 0 aromatic rings. The van der Waals surface area contributed by atoms with E-state index < -0.39 is 0 Å². The third-order valence-electron chi connectivity index (χ3n) is 0.697. The molecule has 1 aliphatic carbocycles. The van der Waals surface area contributed by atoms with Gasteiger partial charge in [0, 0.05) is 0 Å². The van der Waals surface area contributed by atoms with Crippen molar-refractivity contribution in [2.24, 2.45) is 5.92 Å². The number of hydrogen-bond acceptors (Lipinski definition) is 0. The summed E-state index contributed by atoms with van der Waals surface area (Å²) in [5, 5.41) is 7.97. The molecule has 0 aromatic carbocycles.